The number of anilines is 1. The van der Waals surface area contributed by atoms with Crippen LogP contribution in [0, 0.1) is 0 Å². The fourth-order valence-electron chi connectivity index (χ4n) is 3.37. The Morgan fingerprint density at radius 1 is 1.30 bits per heavy atom. The van der Waals surface area contributed by atoms with E-state index in [-0.39, 0.29) is 23.0 Å². The molecule has 0 spiro atoms. The second-order valence-electron chi connectivity index (χ2n) is 6.51. The van der Waals surface area contributed by atoms with E-state index in [0.29, 0.717) is 19.4 Å². The van der Waals surface area contributed by atoms with Gasteiger partial charge in [-0.25, -0.2) is 4.79 Å². The Morgan fingerprint density at radius 3 is 2.59 bits per heavy atom. The van der Waals surface area contributed by atoms with Crippen LogP contribution in [0.1, 0.15) is 46.4 Å². The summed E-state index contributed by atoms with van der Waals surface area (Å²) in [7, 11) is 1.55. The number of hydrogen-bond acceptors (Lipinski definition) is 4. The fourth-order valence-corrected chi connectivity index (χ4v) is 3.37. The smallest absolute Gasteiger partial charge is 0.339 e. The predicted octanol–water partition coefficient (Wildman–Crippen LogP) is 2.81. The molecule has 1 unspecified atom stereocenters. The average molecular weight is 370 g/mol. The van der Waals surface area contributed by atoms with Crippen LogP contribution in [0.25, 0.3) is 0 Å². The third-order valence-corrected chi connectivity index (χ3v) is 4.84. The van der Waals surface area contributed by atoms with Crippen LogP contribution >= 0.6 is 0 Å². The molecule has 1 aliphatic rings. The topological polar surface area (TPSA) is 91.1 Å². The van der Waals surface area contributed by atoms with Gasteiger partial charge in [0.15, 0.2) is 5.76 Å². The SMILES string of the molecule is CCc1oc(C(=O)N(C)C2CCCN(c3ccccc3)C2=O)cc1C(=O)O. The summed E-state index contributed by atoms with van der Waals surface area (Å²) in [6.07, 6.45) is 1.68. The van der Waals surface area contributed by atoms with E-state index < -0.39 is 17.9 Å². The predicted molar refractivity (Wildman–Crippen MR) is 99.0 cm³/mol. The lowest BCUT2D eigenvalue weighted by Gasteiger charge is -2.36. The molecule has 0 saturated carbocycles. The Morgan fingerprint density at radius 2 is 2.00 bits per heavy atom. The first-order chi connectivity index (χ1) is 12.9. The van der Waals surface area contributed by atoms with Crippen LogP contribution in [0.4, 0.5) is 5.69 Å². The summed E-state index contributed by atoms with van der Waals surface area (Å²) in [5.74, 6) is -1.59. The largest absolute Gasteiger partial charge is 0.478 e. The van der Waals surface area contributed by atoms with Gasteiger partial charge >= 0.3 is 5.97 Å². The number of carboxylic acids is 1. The van der Waals surface area contributed by atoms with Crippen LogP contribution in [-0.4, -0.2) is 47.4 Å². The minimum atomic E-state index is -1.14. The van der Waals surface area contributed by atoms with Crippen molar-refractivity contribution in [3.8, 4) is 0 Å². The second-order valence-corrected chi connectivity index (χ2v) is 6.51. The van der Waals surface area contributed by atoms with E-state index in [1.807, 2.05) is 30.3 Å². The minimum absolute atomic E-state index is 0.0184. The monoisotopic (exact) mass is 370 g/mol. The van der Waals surface area contributed by atoms with E-state index in [1.165, 1.54) is 11.0 Å². The van der Waals surface area contributed by atoms with Crippen molar-refractivity contribution in [1.29, 1.82) is 0 Å². The lowest BCUT2D eigenvalue weighted by atomic mass is 10.0. The molecule has 7 nitrogen and oxygen atoms in total. The summed E-state index contributed by atoms with van der Waals surface area (Å²) in [6.45, 7) is 2.36. The van der Waals surface area contributed by atoms with Crippen molar-refractivity contribution in [3.63, 3.8) is 0 Å². The number of carbonyl (C=O) groups is 3. The Kier molecular flexibility index (Phi) is 5.30. The molecule has 2 aromatic rings. The third kappa shape index (κ3) is 3.58. The Hall–Kier alpha value is -3.09. The van der Waals surface area contributed by atoms with Crippen molar-refractivity contribution in [2.45, 2.75) is 32.2 Å². The minimum Gasteiger partial charge on any atom is -0.478 e. The van der Waals surface area contributed by atoms with Crippen LogP contribution in [0.15, 0.2) is 40.8 Å². The standard InChI is InChI=1S/C20H22N2O5/c1-3-16-14(20(25)26)12-17(27-16)19(24)21(2)15-10-7-11-22(18(15)23)13-8-5-4-6-9-13/h4-6,8-9,12,15H,3,7,10-11H2,1-2H3,(H,25,26). The van der Waals surface area contributed by atoms with E-state index in [1.54, 1.807) is 18.9 Å². The number of piperidine rings is 1. The van der Waals surface area contributed by atoms with Gasteiger partial charge in [-0.1, -0.05) is 25.1 Å². The zero-order valence-corrected chi connectivity index (χ0v) is 15.3. The van der Waals surface area contributed by atoms with E-state index in [2.05, 4.69) is 0 Å². The molecule has 2 heterocycles. The average Bonchev–Trinajstić information content (AvgIpc) is 3.12. The first-order valence-electron chi connectivity index (χ1n) is 8.93. The molecule has 1 aromatic heterocycles. The van der Waals surface area contributed by atoms with E-state index in [9.17, 15) is 19.5 Å². The molecule has 1 saturated heterocycles. The highest BCUT2D eigenvalue weighted by Gasteiger charge is 2.36. The van der Waals surface area contributed by atoms with Crippen molar-refractivity contribution in [3.05, 3.63) is 53.5 Å². The maximum absolute atomic E-state index is 12.9. The highest BCUT2D eigenvalue weighted by atomic mass is 16.4. The first kappa shape index (κ1) is 18.7. The number of carboxylic acid groups (broad SMARTS) is 1. The van der Waals surface area contributed by atoms with Gasteiger partial charge in [-0.3, -0.25) is 9.59 Å². The Balaban J connectivity index is 1.82. The molecule has 1 fully saturated rings. The number of aromatic carboxylic acids is 1. The maximum Gasteiger partial charge on any atom is 0.339 e. The van der Waals surface area contributed by atoms with Crippen LogP contribution < -0.4 is 4.90 Å². The molecule has 1 aromatic carbocycles. The molecule has 7 heteroatoms. The van der Waals surface area contributed by atoms with Gasteiger partial charge in [0.1, 0.15) is 17.4 Å². The van der Waals surface area contributed by atoms with Gasteiger partial charge in [-0.05, 0) is 25.0 Å². The van der Waals surface area contributed by atoms with Gasteiger partial charge in [-0.2, -0.15) is 0 Å². The summed E-state index contributed by atoms with van der Waals surface area (Å²) in [5, 5.41) is 9.24. The summed E-state index contributed by atoms with van der Waals surface area (Å²) in [6, 6.07) is 9.96. The molecule has 0 aliphatic carbocycles. The van der Waals surface area contributed by atoms with Crippen LogP contribution in [0.3, 0.4) is 0 Å². The summed E-state index contributed by atoms with van der Waals surface area (Å²) in [5.41, 5.74) is 0.780. The molecule has 0 radical (unpaired) electrons. The number of nitrogens with zero attached hydrogens (tertiary/aromatic N) is 2. The highest BCUT2D eigenvalue weighted by molar-refractivity contribution is 6.02. The lowest BCUT2D eigenvalue weighted by molar-refractivity contribution is -0.124. The van der Waals surface area contributed by atoms with Gasteiger partial charge in [0.25, 0.3) is 5.91 Å². The fraction of sp³-hybridized carbons (Fsp3) is 0.350. The van der Waals surface area contributed by atoms with Gasteiger partial charge < -0.3 is 19.3 Å². The number of furan rings is 1. The Bertz CT molecular complexity index is 859. The van der Waals surface area contributed by atoms with Crippen LogP contribution in [0.2, 0.25) is 0 Å². The highest BCUT2D eigenvalue weighted by Crippen LogP contribution is 2.25. The van der Waals surface area contributed by atoms with Gasteiger partial charge in [-0.15, -0.1) is 0 Å². The molecule has 3 rings (SSSR count). The molecular weight excluding hydrogens is 348 g/mol. The third-order valence-electron chi connectivity index (χ3n) is 4.84. The number of hydrogen-bond donors (Lipinski definition) is 1. The molecule has 0 bridgehead atoms. The second kappa shape index (κ2) is 7.65. The first-order valence-corrected chi connectivity index (χ1v) is 8.93. The van der Waals surface area contributed by atoms with Crippen molar-refractivity contribution in [2.75, 3.05) is 18.5 Å². The number of likely N-dealkylation sites (N-methyl/N-ethyl adjacent to an activating group) is 1. The van der Waals surface area contributed by atoms with E-state index in [0.717, 1.165) is 12.1 Å². The molecule has 2 amide bonds. The summed E-state index contributed by atoms with van der Waals surface area (Å²) in [4.78, 5) is 40.1. The van der Waals surface area contributed by atoms with Crippen LogP contribution in [0.5, 0.6) is 0 Å². The molecule has 1 aliphatic heterocycles. The quantitative estimate of drug-likeness (QED) is 0.874. The molecule has 142 valence electrons. The molecule has 1 atom stereocenters. The van der Waals surface area contributed by atoms with Crippen molar-refractivity contribution in [1.82, 2.24) is 4.90 Å². The van der Waals surface area contributed by atoms with Crippen molar-refractivity contribution in [2.24, 2.45) is 0 Å². The van der Waals surface area contributed by atoms with Gasteiger partial charge in [0.2, 0.25) is 5.91 Å². The number of benzene rings is 1. The summed E-state index contributed by atoms with van der Waals surface area (Å²) >= 11 is 0. The number of carbonyl (C=O) groups excluding carboxylic acids is 2. The molecular formula is C20H22N2O5. The van der Waals surface area contributed by atoms with E-state index in [4.69, 9.17) is 4.42 Å². The molecule has 27 heavy (non-hydrogen) atoms. The number of rotatable bonds is 5. The maximum atomic E-state index is 12.9. The van der Waals surface area contributed by atoms with Crippen molar-refractivity contribution >= 4 is 23.5 Å². The Labute approximate surface area is 157 Å². The normalized spacial score (nSPS) is 17.0. The van der Waals surface area contributed by atoms with Gasteiger partial charge in [0, 0.05) is 31.8 Å². The summed E-state index contributed by atoms with van der Waals surface area (Å²) < 4.78 is 5.45. The zero-order chi connectivity index (χ0) is 19.6. The van der Waals surface area contributed by atoms with E-state index >= 15 is 0 Å². The lowest BCUT2D eigenvalue weighted by Crippen LogP contribution is -2.53. The molecule has 1 N–H and O–H groups in total. The number of para-hydroxylation sites is 1. The van der Waals surface area contributed by atoms with Crippen molar-refractivity contribution < 1.29 is 23.9 Å². The number of amides is 2. The van der Waals surface area contributed by atoms with Gasteiger partial charge in [0.05, 0.1) is 0 Å². The number of aryl methyl sites for hydroxylation is 1. The van der Waals surface area contributed by atoms with Crippen LogP contribution in [-0.2, 0) is 11.2 Å². The zero-order valence-electron chi connectivity index (χ0n) is 15.3.